The first-order valence-electron chi connectivity index (χ1n) is 7.58. The van der Waals surface area contributed by atoms with Gasteiger partial charge < -0.3 is 14.3 Å². The van der Waals surface area contributed by atoms with Crippen molar-refractivity contribution in [2.45, 2.75) is 11.9 Å². The Hall–Kier alpha value is -2.79. The average Bonchev–Trinajstić information content (AvgIpc) is 2.75. The van der Waals surface area contributed by atoms with Crippen LogP contribution in [-0.2, 0) is 21.3 Å². The minimum absolute atomic E-state index is 0.294. The molecular formula is C19H19BBrN2O4. The molecule has 27 heavy (non-hydrogen) atoms. The van der Waals surface area contributed by atoms with E-state index in [1.165, 1.54) is 14.2 Å². The van der Waals surface area contributed by atoms with Crippen molar-refractivity contribution in [3.05, 3.63) is 82.2 Å². The summed E-state index contributed by atoms with van der Waals surface area (Å²) in [4.78, 5) is 25.3. The van der Waals surface area contributed by atoms with Crippen molar-refractivity contribution in [3.8, 4) is 0 Å². The van der Waals surface area contributed by atoms with Gasteiger partial charge in [-0.05, 0) is 29.8 Å². The molecule has 0 heterocycles. The number of carbonyl (C=O) groups excluding carboxylic acids is 2. The summed E-state index contributed by atoms with van der Waals surface area (Å²) < 4.78 is 9.13. The van der Waals surface area contributed by atoms with E-state index in [1.54, 1.807) is 30.3 Å². The molecule has 0 aliphatic rings. The molecule has 0 saturated carbocycles. The molecule has 0 unspecified atom stereocenters. The molecule has 0 bridgehead atoms. The van der Waals surface area contributed by atoms with Crippen LogP contribution in [0.1, 0.15) is 31.8 Å². The summed E-state index contributed by atoms with van der Waals surface area (Å²) in [6.07, 6.45) is 0. The summed E-state index contributed by atoms with van der Waals surface area (Å²) >= 11 is 3.31. The molecule has 0 amide bonds. The summed E-state index contributed by atoms with van der Waals surface area (Å²) in [6, 6.07) is 14.2. The van der Waals surface area contributed by atoms with E-state index in [4.69, 9.17) is 11.9 Å². The number of esters is 2. The van der Waals surface area contributed by atoms with Gasteiger partial charge in [-0.1, -0.05) is 40.2 Å². The Labute approximate surface area is 168 Å². The molecule has 0 aliphatic carbocycles. The van der Waals surface area contributed by atoms with Crippen molar-refractivity contribution in [2.24, 2.45) is 0 Å². The summed E-state index contributed by atoms with van der Waals surface area (Å²) in [6.45, 7) is 6.97. The molecule has 0 saturated heterocycles. The van der Waals surface area contributed by atoms with Crippen molar-refractivity contribution in [1.82, 2.24) is 0 Å². The summed E-state index contributed by atoms with van der Waals surface area (Å²) in [5.74, 6) is -0.662. The predicted octanol–water partition coefficient (Wildman–Crippen LogP) is 4.18. The fraction of sp³-hybridized carbons (Fsp3) is 0.211. The van der Waals surface area contributed by atoms with Crippen LogP contribution >= 0.6 is 15.9 Å². The number of rotatable bonds is 4. The van der Waals surface area contributed by atoms with Gasteiger partial charge in [-0.3, -0.25) is 0 Å². The number of benzene rings is 2. The Morgan fingerprint density at radius 2 is 1.44 bits per heavy atom. The standard InChI is InChI=1S/C10H9NO2.C9H9BrO2.BHN/c1-11-7-8-4-3-5-9(6-8)10(12)13-2;1-12-9(11)8-4-2-3-7(5-8)6-10;1-2/h3-6H,7H2,2H3;2-5H,6H2,1H3;2H. The average molecular weight is 430 g/mol. The summed E-state index contributed by atoms with van der Waals surface area (Å²) in [5.41, 5.74) is 2.98. The molecule has 0 aromatic heterocycles. The second-order valence-electron chi connectivity index (χ2n) is 4.83. The first-order chi connectivity index (χ1) is 13.0. The van der Waals surface area contributed by atoms with Crippen LogP contribution in [0.4, 0.5) is 0 Å². The third kappa shape index (κ3) is 8.93. The van der Waals surface area contributed by atoms with Crippen molar-refractivity contribution in [3.63, 3.8) is 0 Å². The number of alkyl halides is 1. The van der Waals surface area contributed by atoms with Gasteiger partial charge in [0.1, 0.15) is 0 Å². The number of hydrogen-bond donors (Lipinski definition) is 1. The molecule has 2 aromatic rings. The smallest absolute Gasteiger partial charge is 0.337 e. The van der Waals surface area contributed by atoms with Crippen molar-refractivity contribution in [2.75, 3.05) is 14.2 Å². The van der Waals surface area contributed by atoms with Crippen LogP contribution in [0.5, 0.6) is 0 Å². The van der Waals surface area contributed by atoms with Gasteiger partial charge in [-0.2, -0.15) is 0 Å². The molecule has 8 heteroatoms. The van der Waals surface area contributed by atoms with Crippen LogP contribution in [0, 0.1) is 11.9 Å². The van der Waals surface area contributed by atoms with E-state index < -0.39 is 0 Å². The van der Waals surface area contributed by atoms with Gasteiger partial charge in [0.05, 0.1) is 25.3 Å². The van der Waals surface area contributed by atoms with E-state index in [0.29, 0.717) is 17.7 Å². The quantitative estimate of drug-likeness (QED) is 0.342. The Kier molecular flexibility index (Phi) is 12.9. The monoisotopic (exact) mass is 429 g/mol. The maximum absolute atomic E-state index is 11.1. The van der Waals surface area contributed by atoms with Gasteiger partial charge in [-0.15, -0.1) is 0 Å². The van der Waals surface area contributed by atoms with Gasteiger partial charge in [0.25, 0.3) is 0 Å². The zero-order chi connectivity index (χ0) is 20.7. The largest absolute Gasteiger partial charge is 0.465 e. The number of carbonyl (C=O) groups is 2. The van der Waals surface area contributed by atoms with Crippen LogP contribution < -0.4 is 0 Å². The SMILES string of the molecule is COC(=O)c1cccc(CBr)c1.[B]=N.[C-]#[N+]Cc1cccc(C(=O)OC)c1. The maximum Gasteiger partial charge on any atom is 0.337 e. The molecule has 0 spiro atoms. The third-order valence-corrected chi connectivity index (χ3v) is 3.76. The van der Waals surface area contributed by atoms with Crippen LogP contribution in [0.2, 0.25) is 0 Å². The van der Waals surface area contributed by atoms with Crippen LogP contribution in [0.3, 0.4) is 0 Å². The number of nitrogens with zero attached hydrogens (tertiary/aromatic N) is 1. The number of hydrogen-bond acceptors (Lipinski definition) is 5. The zero-order valence-electron chi connectivity index (χ0n) is 15.1. The fourth-order valence-electron chi connectivity index (χ4n) is 1.91. The molecule has 0 fully saturated rings. The molecule has 1 radical (unpaired) electrons. The molecule has 2 aromatic carbocycles. The number of nitrogens with one attached hydrogen (secondary N) is 1. The fourth-order valence-corrected chi connectivity index (χ4v) is 2.25. The molecule has 6 nitrogen and oxygen atoms in total. The Morgan fingerprint density at radius 1 is 1.00 bits per heavy atom. The van der Waals surface area contributed by atoms with Gasteiger partial charge in [0, 0.05) is 10.9 Å². The summed E-state index contributed by atoms with van der Waals surface area (Å²) in [7, 11) is 6.47. The molecular weight excluding hydrogens is 411 g/mol. The van der Waals surface area contributed by atoms with Crippen molar-refractivity contribution < 1.29 is 19.1 Å². The van der Waals surface area contributed by atoms with E-state index >= 15 is 0 Å². The molecule has 139 valence electrons. The van der Waals surface area contributed by atoms with Crippen LogP contribution in [0.25, 0.3) is 4.85 Å². The van der Waals surface area contributed by atoms with E-state index in [2.05, 4.69) is 37.9 Å². The van der Waals surface area contributed by atoms with Gasteiger partial charge >= 0.3 is 24.9 Å². The zero-order valence-corrected chi connectivity index (χ0v) is 16.7. The molecule has 0 aliphatic heterocycles. The molecule has 1 N–H and O–H groups in total. The topological polar surface area (TPSA) is 80.8 Å². The maximum atomic E-state index is 11.1. The van der Waals surface area contributed by atoms with Gasteiger partial charge in [-0.25, -0.2) is 16.2 Å². The summed E-state index contributed by atoms with van der Waals surface area (Å²) in [5, 5.41) is 6.00. The molecule has 2 rings (SSSR count). The predicted molar refractivity (Wildman–Crippen MR) is 107 cm³/mol. The second-order valence-corrected chi connectivity index (χ2v) is 5.39. The minimum atomic E-state index is -0.369. The van der Waals surface area contributed by atoms with Crippen molar-refractivity contribution in [1.29, 1.82) is 5.31 Å². The van der Waals surface area contributed by atoms with E-state index in [9.17, 15) is 9.59 Å². The minimum Gasteiger partial charge on any atom is -0.465 e. The van der Waals surface area contributed by atoms with E-state index in [1.807, 2.05) is 18.2 Å². The number of ether oxygens (including phenoxy) is 2. The van der Waals surface area contributed by atoms with Crippen LogP contribution in [0.15, 0.2) is 48.5 Å². The normalized spacial score (nSPS) is 8.63. The number of methoxy groups -OCH3 is 2. The Morgan fingerprint density at radius 3 is 1.85 bits per heavy atom. The third-order valence-electron chi connectivity index (χ3n) is 3.11. The van der Waals surface area contributed by atoms with E-state index in [0.717, 1.165) is 16.5 Å². The number of halogens is 1. The Bertz CT molecular complexity index is 793. The van der Waals surface area contributed by atoms with Gasteiger partial charge in [0.2, 0.25) is 6.54 Å². The van der Waals surface area contributed by atoms with E-state index in [-0.39, 0.29) is 11.9 Å². The second kappa shape index (κ2) is 14.4. The molecule has 0 atom stereocenters. The van der Waals surface area contributed by atoms with Crippen molar-refractivity contribution >= 4 is 35.5 Å². The first kappa shape index (κ1) is 24.2. The van der Waals surface area contributed by atoms with Gasteiger partial charge in [0.15, 0.2) is 0 Å². The van der Waals surface area contributed by atoms with Crippen LogP contribution in [-0.4, -0.2) is 33.8 Å². The first-order valence-corrected chi connectivity index (χ1v) is 8.70. The Balaban J connectivity index is 0.000000460.